The van der Waals surface area contributed by atoms with E-state index in [0.717, 1.165) is 0 Å². The van der Waals surface area contributed by atoms with Crippen molar-refractivity contribution in [2.75, 3.05) is 18.7 Å². The van der Waals surface area contributed by atoms with E-state index in [0.29, 0.717) is 28.9 Å². The lowest BCUT2D eigenvalue weighted by Gasteiger charge is -2.17. The Bertz CT molecular complexity index is 890. The van der Waals surface area contributed by atoms with E-state index in [1.54, 1.807) is 18.2 Å². The summed E-state index contributed by atoms with van der Waals surface area (Å²) in [7, 11) is 1.53. The molecule has 7 heteroatoms. The molecule has 2 aromatic carbocycles. The first kappa shape index (κ1) is 17.3. The molecule has 0 saturated carbocycles. The Morgan fingerprint density at radius 3 is 2.62 bits per heavy atom. The SMILES string of the molecule is CN(C(=O)/C=C/c1ccc(O)c(CC=O)c1)c1cc2c(cc1O)OCO2. The largest absolute Gasteiger partial charge is 0.508 e. The molecular formula is C19H17NO6. The molecule has 1 amide bonds. The van der Waals surface area contributed by atoms with Crippen molar-refractivity contribution in [3.05, 3.63) is 47.5 Å². The van der Waals surface area contributed by atoms with Crippen molar-refractivity contribution >= 4 is 24.0 Å². The maximum Gasteiger partial charge on any atom is 0.250 e. The molecule has 0 atom stereocenters. The van der Waals surface area contributed by atoms with Crippen molar-refractivity contribution < 1.29 is 29.3 Å². The Hall–Kier alpha value is -3.48. The maximum absolute atomic E-state index is 12.4. The van der Waals surface area contributed by atoms with Gasteiger partial charge >= 0.3 is 0 Å². The summed E-state index contributed by atoms with van der Waals surface area (Å²) in [6.45, 7) is 0.0692. The number of benzene rings is 2. The topological polar surface area (TPSA) is 96.3 Å². The number of phenolic OH excluding ortho intramolecular Hbond substituents is 2. The number of carbonyl (C=O) groups excluding carboxylic acids is 2. The summed E-state index contributed by atoms with van der Waals surface area (Å²) in [5.41, 5.74) is 1.43. The number of hydrogen-bond donors (Lipinski definition) is 2. The van der Waals surface area contributed by atoms with Crippen molar-refractivity contribution in [3.63, 3.8) is 0 Å². The van der Waals surface area contributed by atoms with Gasteiger partial charge in [-0.2, -0.15) is 0 Å². The highest BCUT2D eigenvalue weighted by Gasteiger charge is 2.20. The van der Waals surface area contributed by atoms with Crippen molar-refractivity contribution in [3.8, 4) is 23.0 Å². The number of hydrogen-bond acceptors (Lipinski definition) is 6. The summed E-state index contributed by atoms with van der Waals surface area (Å²) in [4.78, 5) is 24.3. The van der Waals surface area contributed by atoms with Gasteiger partial charge in [-0.05, 0) is 23.8 Å². The summed E-state index contributed by atoms with van der Waals surface area (Å²) >= 11 is 0. The van der Waals surface area contributed by atoms with E-state index in [1.165, 1.54) is 36.2 Å². The third kappa shape index (κ3) is 3.46. The molecule has 1 heterocycles. The predicted octanol–water partition coefficient (Wildman–Crippen LogP) is 2.24. The van der Waals surface area contributed by atoms with Crippen LogP contribution in [0.5, 0.6) is 23.0 Å². The van der Waals surface area contributed by atoms with Crippen LogP contribution in [0.1, 0.15) is 11.1 Å². The molecule has 0 fully saturated rings. The van der Waals surface area contributed by atoms with Crippen LogP contribution in [-0.4, -0.2) is 36.2 Å². The first-order valence-corrected chi connectivity index (χ1v) is 7.83. The molecule has 1 aliphatic rings. The normalized spacial score (nSPS) is 12.3. The number of aromatic hydroxyl groups is 2. The molecule has 0 bridgehead atoms. The highest BCUT2D eigenvalue weighted by atomic mass is 16.7. The lowest BCUT2D eigenvalue weighted by atomic mass is 10.1. The Morgan fingerprint density at radius 2 is 1.88 bits per heavy atom. The van der Waals surface area contributed by atoms with Crippen LogP contribution in [0.3, 0.4) is 0 Å². The summed E-state index contributed by atoms with van der Waals surface area (Å²) in [5, 5.41) is 19.8. The van der Waals surface area contributed by atoms with Gasteiger partial charge in [0.05, 0.1) is 5.69 Å². The van der Waals surface area contributed by atoms with Crippen LogP contribution in [0.2, 0.25) is 0 Å². The molecule has 3 rings (SSSR count). The van der Waals surface area contributed by atoms with Crippen molar-refractivity contribution in [1.29, 1.82) is 0 Å². The summed E-state index contributed by atoms with van der Waals surface area (Å²) in [6, 6.07) is 7.66. The zero-order valence-corrected chi connectivity index (χ0v) is 14.0. The molecule has 26 heavy (non-hydrogen) atoms. The molecule has 0 unspecified atom stereocenters. The molecule has 0 radical (unpaired) electrons. The van der Waals surface area contributed by atoms with E-state index in [9.17, 15) is 19.8 Å². The third-order valence-corrected chi connectivity index (χ3v) is 3.99. The van der Waals surface area contributed by atoms with Crippen molar-refractivity contribution in [2.24, 2.45) is 0 Å². The second-order valence-corrected chi connectivity index (χ2v) is 5.68. The molecule has 134 valence electrons. The van der Waals surface area contributed by atoms with Gasteiger partial charge in [-0.1, -0.05) is 6.07 Å². The molecule has 0 aromatic heterocycles. The van der Waals surface area contributed by atoms with E-state index in [1.807, 2.05) is 0 Å². The molecule has 0 aliphatic carbocycles. The number of rotatable bonds is 5. The Morgan fingerprint density at radius 1 is 1.15 bits per heavy atom. The Labute approximate surface area is 149 Å². The highest BCUT2D eigenvalue weighted by Crippen LogP contribution is 2.41. The monoisotopic (exact) mass is 355 g/mol. The first-order chi connectivity index (χ1) is 12.5. The standard InChI is InChI=1S/C19H17NO6/c1-20(14-9-17-18(10-16(14)23)26-11-25-17)19(24)5-3-12-2-4-15(22)13(8-12)6-7-21/h2-5,7-10,22-23H,6,11H2,1H3/b5-3+. The van der Waals surface area contributed by atoms with Gasteiger partial charge in [0.2, 0.25) is 6.79 Å². The lowest BCUT2D eigenvalue weighted by molar-refractivity contribution is -0.114. The summed E-state index contributed by atoms with van der Waals surface area (Å²) < 4.78 is 10.4. The second kappa shape index (κ2) is 7.18. The number of aldehydes is 1. The zero-order valence-electron chi connectivity index (χ0n) is 14.0. The van der Waals surface area contributed by atoms with Gasteiger partial charge in [0, 0.05) is 37.2 Å². The second-order valence-electron chi connectivity index (χ2n) is 5.68. The average Bonchev–Trinajstić information content (AvgIpc) is 3.08. The maximum atomic E-state index is 12.4. The van der Waals surface area contributed by atoms with E-state index in [2.05, 4.69) is 0 Å². The minimum absolute atomic E-state index is 0.0305. The molecule has 0 saturated heterocycles. The van der Waals surface area contributed by atoms with Gasteiger partial charge in [-0.15, -0.1) is 0 Å². The van der Waals surface area contributed by atoms with E-state index >= 15 is 0 Å². The lowest BCUT2D eigenvalue weighted by Crippen LogP contribution is -2.24. The Balaban J connectivity index is 1.78. The first-order valence-electron chi connectivity index (χ1n) is 7.83. The van der Waals surface area contributed by atoms with Gasteiger partial charge < -0.3 is 29.4 Å². The van der Waals surface area contributed by atoms with Crippen LogP contribution in [0.4, 0.5) is 5.69 Å². The minimum Gasteiger partial charge on any atom is -0.508 e. The average molecular weight is 355 g/mol. The van der Waals surface area contributed by atoms with Gasteiger partial charge in [0.15, 0.2) is 11.5 Å². The van der Waals surface area contributed by atoms with Crippen LogP contribution in [0.25, 0.3) is 6.08 Å². The number of likely N-dealkylation sites (N-methyl/N-ethyl adjacent to an activating group) is 1. The van der Waals surface area contributed by atoms with Crippen molar-refractivity contribution in [2.45, 2.75) is 6.42 Å². The fourth-order valence-corrected chi connectivity index (χ4v) is 2.55. The van der Waals surface area contributed by atoms with Crippen LogP contribution in [-0.2, 0) is 16.0 Å². The van der Waals surface area contributed by atoms with E-state index in [-0.39, 0.29) is 36.3 Å². The Kier molecular flexibility index (Phi) is 4.79. The number of carbonyl (C=O) groups is 2. The molecule has 1 aliphatic heterocycles. The molecule has 0 spiro atoms. The molecule has 7 nitrogen and oxygen atoms in total. The number of phenols is 2. The van der Waals surface area contributed by atoms with Gasteiger partial charge in [0.25, 0.3) is 5.91 Å². The summed E-state index contributed by atoms with van der Waals surface area (Å²) in [5.74, 6) is 0.441. The molecule has 2 N–H and O–H groups in total. The third-order valence-electron chi connectivity index (χ3n) is 3.99. The quantitative estimate of drug-likeness (QED) is 0.631. The minimum atomic E-state index is -0.371. The van der Waals surface area contributed by atoms with E-state index in [4.69, 9.17) is 9.47 Å². The number of fused-ring (bicyclic) bond motifs is 1. The fraction of sp³-hybridized carbons (Fsp3) is 0.158. The number of ether oxygens (including phenoxy) is 2. The number of amides is 1. The zero-order chi connectivity index (χ0) is 18.7. The van der Waals surface area contributed by atoms with Gasteiger partial charge in [-0.3, -0.25) is 4.79 Å². The summed E-state index contributed by atoms with van der Waals surface area (Å²) in [6.07, 6.45) is 3.69. The van der Waals surface area contributed by atoms with E-state index < -0.39 is 0 Å². The molecule has 2 aromatic rings. The highest BCUT2D eigenvalue weighted by molar-refractivity contribution is 6.04. The number of nitrogens with zero attached hydrogens (tertiary/aromatic N) is 1. The smallest absolute Gasteiger partial charge is 0.250 e. The number of anilines is 1. The van der Waals surface area contributed by atoms with Crippen LogP contribution in [0.15, 0.2) is 36.4 Å². The van der Waals surface area contributed by atoms with Gasteiger partial charge in [0.1, 0.15) is 17.8 Å². The van der Waals surface area contributed by atoms with Gasteiger partial charge in [-0.25, -0.2) is 0 Å². The molecular weight excluding hydrogens is 338 g/mol. The van der Waals surface area contributed by atoms with Crippen molar-refractivity contribution in [1.82, 2.24) is 0 Å². The van der Waals surface area contributed by atoms with Crippen LogP contribution in [0, 0.1) is 0 Å². The fourth-order valence-electron chi connectivity index (χ4n) is 2.55. The van der Waals surface area contributed by atoms with Crippen LogP contribution >= 0.6 is 0 Å². The van der Waals surface area contributed by atoms with Crippen LogP contribution < -0.4 is 14.4 Å². The predicted molar refractivity (Wildman–Crippen MR) is 94.5 cm³/mol.